The average Bonchev–Trinajstić information content (AvgIpc) is 2.90. The summed E-state index contributed by atoms with van der Waals surface area (Å²) in [5.74, 6) is 3.54. The van der Waals surface area contributed by atoms with Gasteiger partial charge in [0.05, 0.1) is 19.7 Å². The fraction of sp³-hybridized carbons (Fsp3) is 0.0625. The Morgan fingerprint density at radius 1 is 1.24 bits per heavy atom. The fourth-order valence-electron chi connectivity index (χ4n) is 2.40. The molecule has 0 radical (unpaired) electrons. The van der Waals surface area contributed by atoms with Gasteiger partial charge in [-0.2, -0.15) is 0 Å². The fourth-order valence-corrected chi connectivity index (χ4v) is 4.55. The zero-order chi connectivity index (χ0) is 15.2. The van der Waals surface area contributed by atoms with Crippen molar-refractivity contribution in [1.29, 1.82) is 0 Å². The minimum absolute atomic E-state index is 0.342. The van der Waals surface area contributed by atoms with Crippen molar-refractivity contribution in [2.24, 2.45) is 0 Å². The smallest absolute Gasteiger partial charge is 0.142 e. The topological polar surface area (TPSA) is 22.0 Å². The largest absolute Gasteiger partial charge is 0.270 e. The molecule has 3 aromatic rings. The van der Waals surface area contributed by atoms with Gasteiger partial charge in [-0.25, -0.2) is 8.60 Å². The first-order chi connectivity index (χ1) is 9.93. The van der Waals surface area contributed by atoms with E-state index < -0.39 is 9.71 Å². The summed E-state index contributed by atoms with van der Waals surface area (Å²) >= 11 is 3.20. The van der Waals surface area contributed by atoms with E-state index in [-0.39, 0.29) is 5.82 Å². The zero-order valence-corrected chi connectivity index (χ0v) is 13.7. The molecule has 21 heavy (non-hydrogen) atoms. The maximum absolute atomic E-state index is 14.1. The molecular formula is C16H13BrFNOS. The number of benzene rings is 2. The summed E-state index contributed by atoms with van der Waals surface area (Å²) in [6, 6.07) is 12.5. The first-order valence-electron chi connectivity index (χ1n) is 6.31. The van der Waals surface area contributed by atoms with Crippen LogP contribution in [-0.4, -0.2) is 14.1 Å². The molecule has 0 saturated carbocycles. The molecule has 1 heterocycles. The molecule has 1 atom stereocenters. The molecule has 1 aromatic heterocycles. The number of rotatable bonds is 2. The number of aryl methyl sites for hydroxylation is 1. The van der Waals surface area contributed by atoms with E-state index in [1.165, 1.54) is 0 Å². The van der Waals surface area contributed by atoms with E-state index >= 15 is 0 Å². The van der Waals surface area contributed by atoms with Crippen LogP contribution in [0, 0.1) is 12.7 Å². The molecule has 0 aliphatic carbocycles. The van der Waals surface area contributed by atoms with Gasteiger partial charge in [0.25, 0.3) is 0 Å². The third kappa shape index (κ3) is 2.21. The highest BCUT2D eigenvalue weighted by Gasteiger charge is 2.17. The molecule has 0 N–H and O–H groups in total. The highest BCUT2D eigenvalue weighted by Crippen LogP contribution is 2.30. The lowest BCUT2D eigenvalue weighted by Gasteiger charge is -2.14. The Bertz CT molecular complexity index is 930. The maximum Gasteiger partial charge on any atom is 0.142 e. The second-order valence-electron chi connectivity index (χ2n) is 4.83. The van der Waals surface area contributed by atoms with Gasteiger partial charge in [0.1, 0.15) is 5.82 Å². The van der Waals surface area contributed by atoms with Crippen molar-refractivity contribution in [3.63, 3.8) is 0 Å². The van der Waals surface area contributed by atoms with E-state index in [1.807, 2.05) is 24.3 Å². The van der Waals surface area contributed by atoms with Gasteiger partial charge >= 0.3 is 0 Å². The second kappa shape index (κ2) is 5.00. The van der Waals surface area contributed by atoms with Crippen LogP contribution in [0.3, 0.4) is 0 Å². The minimum atomic E-state index is -2.74. The van der Waals surface area contributed by atoms with E-state index in [4.69, 9.17) is 0 Å². The van der Waals surface area contributed by atoms with Crippen LogP contribution in [-0.2, 0) is 9.71 Å². The summed E-state index contributed by atoms with van der Waals surface area (Å²) < 4.78 is 29.2. The van der Waals surface area contributed by atoms with Crippen LogP contribution in [0.1, 0.15) is 5.56 Å². The molecule has 0 aliphatic heterocycles. The van der Waals surface area contributed by atoms with Crippen LogP contribution < -0.4 is 0 Å². The molecule has 0 fully saturated rings. The molecule has 1 unspecified atom stereocenters. The van der Waals surface area contributed by atoms with Crippen LogP contribution in [0.2, 0.25) is 0 Å². The molecular weight excluding hydrogens is 353 g/mol. The summed E-state index contributed by atoms with van der Waals surface area (Å²) in [5, 5.41) is 0.827. The van der Waals surface area contributed by atoms with Crippen LogP contribution in [0.15, 0.2) is 58.0 Å². The molecule has 0 bridgehead atoms. The van der Waals surface area contributed by atoms with Gasteiger partial charge in [-0.3, -0.25) is 3.97 Å². The third-order valence-electron chi connectivity index (χ3n) is 3.49. The molecule has 2 aromatic carbocycles. The van der Waals surface area contributed by atoms with Gasteiger partial charge < -0.3 is 0 Å². The summed E-state index contributed by atoms with van der Waals surface area (Å²) in [7, 11) is -2.74. The molecule has 5 heteroatoms. The van der Waals surface area contributed by atoms with E-state index in [2.05, 4.69) is 21.8 Å². The van der Waals surface area contributed by atoms with Crippen molar-refractivity contribution in [1.82, 2.24) is 3.97 Å². The molecule has 108 valence electrons. The van der Waals surface area contributed by atoms with Crippen molar-refractivity contribution >= 4 is 42.4 Å². The summed E-state index contributed by atoms with van der Waals surface area (Å²) in [4.78, 5) is 0.616. The second-order valence-corrected chi connectivity index (χ2v) is 7.83. The minimum Gasteiger partial charge on any atom is -0.270 e. The third-order valence-corrected chi connectivity index (χ3v) is 6.01. The van der Waals surface area contributed by atoms with Gasteiger partial charge in [0.2, 0.25) is 0 Å². The number of aromatic nitrogens is 1. The first-order valence-corrected chi connectivity index (χ1v) is 8.79. The average molecular weight is 366 g/mol. The number of hydrogen-bond donors (Lipinski definition) is 0. The SMILES string of the molecule is C=S(=O)(c1ccccc1)n1ccc2cc(Br)c(F)c(C)c21. The lowest BCUT2D eigenvalue weighted by Crippen LogP contribution is -2.12. The Balaban J connectivity index is 2.35. The highest BCUT2D eigenvalue weighted by atomic mass is 79.9. The Labute approximate surface area is 131 Å². The highest BCUT2D eigenvalue weighted by molar-refractivity contribution is 9.10. The quantitative estimate of drug-likeness (QED) is 0.617. The zero-order valence-electron chi connectivity index (χ0n) is 11.3. The van der Waals surface area contributed by atoms with Gasteiger partial charge in [0, 0.05) is 22.0 Å². The summed E-state index contributed by atoms with van der Waals surface area (Å²) in [6.07, 6.45) is 1.70. The lowest BCUT2D eigenvalue weighted by molar-refractivity contribution is 0.614. The Kier molecular flexibility index (Phi) is 3.42. The molecule has 3 rings (SSSR count). The summed E-state index contributed by atoms with van der Waals surface area (Å²) in [5.41, 5.74) is 1.07. The van der Waals surface area contributed by atoms with E-state index in [1.54, 1.807) is 35.3 Å². The van der Waals surface area contributed by atoms with Crippen molar-refractivity contribution in [3.8, 4) is 0 Å². The van der Waals surface area contributed by atoms with Gasteiger partial charge in [-0.05, 0) is 53.0 Å². The molecule has 0 saturated heterocycles. The Hall–Kier alpha value is -1.59. The van der Waals surface area contributed by atoms with Crippen molar-refractivity contribution in [2.45, 2.75) is 11.8 Å². The van der Waals surface area contributed by atoms with Gasteiger partial charge in [0.15, 0.2) is 0 Å². The van der Waals surface area contributed by atoms with Crippen molar-refractivity contribution < 1.29 is 8.60 Å². The van der Waals surface area contributed by atoms with Crippen LogP contribution in [0.25, 0.3) is 10.9 Å². The predicted molar refractivity (Wildman–Crippen MR) is 89.7 cm³/mol. The summed E-state index contributed by atoms with van der Waals surface area (Å²) in [6.45, 7) is 1.68. The number of fused-ring (bicyclic) bond motifs is 1. The van der Waals surface area contributed by atoms with Gasteiger partial charge in [-0.1, -0.05) is 18.2 Å². The van der Waals surface area contributed by atoms with Crippen LogP contribution >= 0.6 is 15.9 Å². The molecule has 2 nitrogen and oxygen atoms in total. The van der Waals surface area contributed by atoms with Crippen molar-refractivity contribution in [3.05, 3.63) is 64.5 Å². The monoisotopic (exact) mass is 365 g/mol. The molecule has 0 spiro atoms. The Morgan fingerprint density at radius 3 is 2.57 bits per heavy atom. The van der Waals surface area contributed by atoms with Crippen LogP contribution in [0.5, 0.6) is 0 Å². The number of nitrogens with zero attached hydrogens (tertiary/aromatic N) is 1. The van der Waals surface area contributed by atoms with E-state index in [0.29, 0.717) is 20.4 Å². The number of halogens is 2. The Morgan fingerprint density at radius 2 is 1.90 bits per heavy atom. The van der Waals surface area contributed by atoms with Gasteiger partial charge in [-0.15, -0.1) is 0 Å². The molecule has 0 amide bonds. The van der Waals surface area contributed by atoms with E-state index in [0.717, 1.165) is 5.39 Å². The maximum atomic E-state index is 14.1. The first kappa shape index (κ1) is 14.4. The lowest BCUT2D eigenvalue weighted by atomic mass is 10.1. The predicted octanol–water partition coefficient (Wildman–Crippen LogP) is 4.39. The van der Waals surface area contributed by atoms with E-state index in [9.17, 15) is 8.60 Å². The molecule has 0 aliphatic rings. The van der Waals surface area contributed by atoms with Crippen LogP contribution in [0.4, 0.5) is 4.39 Å². The standard InChI is InChI=1S/C16H13BrFNOS/c1-11-15(18)14(17)10-12-8-9-19(16(11)12)21(2,20)13-6-4-3-5-7-13/h3-10H,2H2,1H3. The number of hydrogen-bond acceptors (Lipinski definition) is 1. The van der Waals surface area contributed by atoms with Crippen molar-refractivity contribution in [2.75, 3.05) is 0 Å². The normalized spacial score (nSPS) is 14.2.